The SMILES string of the molecule is COc1ccc(C2=CN3C(=O)c4cc(OC)c(OCCCCCOc5cc6c(cc5OC)C(=O)N5CC7(CC7)CC5C(O)N6N)cc4NCC3C2)cc1. The Hall–Kier alpha value is -5.14. The smallest absolute Gasteiger partial charge is 0.260 e. The third kappa shape index (κ3) is 6.46. The van der Waals surface area contributed by atoms with Crippen LogP contribution in [0.5, 0.6) is 28.7 Å². The number of amides is 2. The minimum absolute atomic E-state index is 0.00810. The summed E-state index contributed by atoms with van der Waals surface area (Å²) in [5, 5.41) is 15.9. The molecule has 4 aliphatic heterocycles. The molecular formula is C40H47N5O8. The van der Waals surface area contributed by atoms with Crippen LogP contribution in [0.2, 0.25) is 0 Å². The summed E-state index contributed by atoms with van der Waals surface area (Å²) in [5.41, 5.74) is 4.39. The molecule has 0 radical (unpaired) electrons. The number of hydrazine groups is 1. The van der Waals surface area contributed by atoms with Crippen molar-refractivity contribution in [1.29, 1.82) is 0 Å². The Morgan fingerprint density at radius 2 is 1.53 bits per heavy atom. The van der Waals surface area contributed by atoms with Gasteiger partial charge in [-0.05, 0) is 85.8 Å². The first kappa shape index (κ1) is 34.9. The molecule has 0 aromatic heterocycles. The van der Waals surface area contributed by atoms with Crippen molar-refractivity contribution in [3.05, 3.63) is 71.4 Å². The number of nitrogens with two attached hydrogens (primary N) is 1. The van der Waals surface area contributed by atoms with Gasteiger partial charge in [-0.1, -0.05) is 12.1 Å². The van der Waals surface area contributed by atoms with Crippen LogP contribution in [-0.4, -0.2) is 92.7 Å². The fourth-order valence-electron chi connectivity index (χ4n) is 8.15. The number of fused-ring (bicyclic) bond motifs is 4. The van der Waals surface area contributed by atoms with Gasteiger partial charge in [0.2, 0.25) is 0 Å². The number of aliphatic hydroxyl groups is 1. The Morgan fingerprint density at radius 3 is 2.19 bits per heavy atom. The summed E-state index contributed by atoms with van der Waals surface area (Å²) in [7, 11) is 4.76. The summed E-state index contributed by atoms with van der Waals surface area (Å²) in [6.45, 7) is 2.11. The molecule has 0 bridgehead atoms. The van der Waals surface area contributed by atoms with Gasteiger partial charge >= 0.3 is 0 Å². The molecule has 8 rings (SSSR count). The summed E-state index contributed by atoms with van der Waals surface area (Å²) in [4.78, 5) is 31.0. The van der Waals surface area contributed by atoms with E-state index in [1.807, 2.05) is 41.4 Å². The van der Waals surface area contributed by atoms with Gasteiger partial charge in [-0.3, -0.25) is 14.6 Å². The van der Waals surface area contributed by atoms with Crippen LogP contribution in [0, 0.1) is 5.41 Å². The van der Waals surface area contributed by atoms with Crippen molar-refractivity contribution < 1.29 is 38.4 Å². The van der Waals surface area contributed by atoms with Crippen LogP contribution < -0.4 is 39.9 Å². The average Bonchev–Trinajstić information content (AvgIpc) is 3.69. The van der Waals surface area contributed by atoms with Gasteiger partial charge in [-0.25, -0.2) is 5.84 Å². The minimum atomic E-state index is -1.01. The molecule has 280 valence electrons. The van der Waals surface area contributed by atoms with Crippen LogP contribution in [0.3, 0.4) is 0 Å². The van der Waals surface area contributed by atoms with Crippen LogP contribution in [0.1, 0.15) is 71.2 Å². The molecule has 1 saturated heterocycles. The summed E-state index contributed by atoms with van der Waals surface area (Å²) in [6, 6.07) is 14.5. The quantitative estimate of drug-likeness (QED) is 0.171. The molecule has 3 aromatic rings. The largest absolute Gasteiger partial charge is 0.497 e. The minimum Gasteiger partial charge on any atom is -0.497 e. The molecule has 1 spiro atoms. The number of aliphatic hydroxyl groups excluding tert-OH is 1. The standard InChI is InChI=1S/C40H47N5O8/c1-49-27-9-7-24(8-10-27)25-15-26-21-42-30-18-35(33(50-2)16-28(30)37(46)43(26)22-25)52-13-5-4-6-14-53-36-19-31-29(17-34(36)51-3)38(47)44-23-40(11-12-40)20-32(44)39(48)45(31)41/h7-10,16-19,22,26,32,39,42,48H,4-6,11-15,20-21,23,41H2,1-3H3. The molecule has 53 heavy (non-hydrogen) atoms. The fraction of sp³-hybridized carbons (Fsp3) is 0.450. The molecule has 1 saturated carbocycles. The Kier molecular flexibility index (Phi) is 9.23. The second-order valence-electron chi connectivity index (χ2n) is 14.7. The number of nitrogens with one attached hydrogen (secondary N) is 1. The number of benzene rings is 3. The van der Waals surface area contributed by atoms with E-state index in [-0.39, 0.29) is 29.3 Å². The number of carbonyl (C=O) groups excluding carboxylic acids is 2. The van der Waals surface area contributed by atoms with Crippen LogP contribution in [-0.2, 0) is 0 Å². The number of carbonyl (C=O) groups is 2. The van der Waals surface area contributed by atoms with Crippen molar-refractivity contribution in [2.75, 3.05) is 58.0 Å². The van der Waals surface area contributed by atoms with Crippen molar-refractivity contribution in [3.63, 3.8) is 0 Å². The van der Waals surface area contributed by atoms with E-state index in [4.69, 9.17) is 29.5 Å². The van der Waals surface area contributed by atoms with Gasteiger partial charge in [0.25, 0.3) is 11.8 Å². The monoisotopic (exact) mass is 725 g/mol. The summed E-state index contributed by atoms with van der Waals surface area (Å²) >= 11 is 0. The lowest BCUT2D eigenvalue weighted by atomic mass is 10.0. The van der Waals surface area contributed by atoms with Crippen LogP contribution in [0.25, 0.3) is 5.57 Å². The number of nitrogens with zero attached hydrogens (tertiary/aromatic N) is 3. The summed E-state index contributed by atoms with van der Waals surface area (Å²) in [5.74, 6) is 8.97. The fourth-order valence-corrected chi connectivity index (χ4v) is 8.15. The van der Waals surface area contributed by atoms with Crippen molar-refractivity contribution in [1.82, 2.24) is 9.80 Å². The van der Waals surface area contributed by atoms with Crippen molar-refractivity contribution in [2.45, 2.75) is 63.3 Å². The van der Waals surface area contributed by atoms with Gasteiger partial charge in [-0.15, -0.1) is 0 Å². The molecule has 3 unspecified atom stereocenters. The Balaban J connectivity index is 0.857. The molecule has 4 heterocycles. The first-order valence-corrected chi connectivity index (χ1v) is 18.4. The van der Waals surface area contributed by atoms with Crippen molar-refractivity contribution >= 4 is 28.8 Å². The van der Waals surface area contributed by atoms with Gasteiger partial charge in [0, 0.05) is 31.4 Å². The molecule has 13 nitrogen and oxygen atoms in total. The lowest BCUT2D eigenvalue weighted by Gasteiger charge is -2.30. The van der Waals surface area contributed by atoms with E-state index in [2.05, 4.69) is 5.32 Å². The number of ether oxygens (including phenoxy) is 5. The Bertz CT molecular complexity index is 1930. The molecule has 2 fully saturated rings. The highest BCUT2D eigenvalue weighted by Gasteiger charge is 2.57. The van der Waals surface area contributed by atoms with E-state index in [0.717, 1.165) is 67.5 Å². The van der Waals surface area contributed by atoms with Crippen molar-refractivity contribution in [2.24, 2.45) is 11.3 Å². The van der Waals surface area contributed by atoms with E-state index in [1.165, 1.54) is 5.01 Å². The number of unbranched alkanes of at least 4 members (excludes halogenated alkanes) is 2. The Morgan fingerprint density at radius 1 is 0.849 bits per heavy atom. The third-order valence-electron chi connectivity index (χ3n) is 11.4. The highest BCUT2D eigenvalue weighted by atomic mass is 16.5. The predicted octanol–water partition coefficient (Wildman–Crippen LogP) is 5.03. The highest BCUT2D eigenvalue weighted by Crippen LogP contribution is 2.56. The molecule has 5 aliphatic rings. The Labute approximate surface area is 309 Å². The first-order valence-electron chi connectivity index (χ1n) is 18.4. The number of methoxy groups -OCH3 is 3. The molecule has 3 aromatic carbocycles. The number of rotatable bonds is 12. The molecule has 1 aliphatic carbocycles. The van der Waals surface area contributed by atoms with Crippen molar-refractivity contribution in [3.8, 4) is 28.7 Å². The van der Waals surface area contributed by atoms with Gasteiger partial charge in [0.05, 0.1) is 69.1 Å². The van der Waals surface area contributed by atoms with Gasteiger partial charge in [0.1, 0.15) is 5.75 Å². The van der Waals surface area contributed by atoms with Gasteiger partial charge < -0.3 is 43.9 Å². The maximum atomic E-state index is 13.7. The second-order valence-corrected chi connectivity index (χ2v) is 14.7. The molecule has 2 amide bonds. The highest BCUT2D eigenvalue weighted by molar-refractivity contribution is 6.03. The zero-order valence-corrected chi connectivity index (χ0v) is 30.4. The molecule has 13 heteroatoms. The number of anilines is 2. The van der Waals surface area contributed by atoms with Crippen LogP contribution in [0.15, 0.2) is 54.7 Å². The van der Waals surface area contributed by atoms with E-state index < -0.39 is 6.23 Å². The normalized spacial score (nSPS) is 22.2. The maximum absolute atomic E-state index is 13.7. The molecule has 3 atom stereocenters. The predicted molar refractivity (Wildman–Crippen MR) is 199 cm³/mol. The van der Waals surface area contributed by atoms with Crippen LogP contribution in [0.4, 0.5) is 11.4 Å². The van der Waals surface area contributed by atoms with E-state index >= 15 is 0 Å². The second kappa shape index (κ2) is 14.0. The van der Waals surface area contributed by atoms with E-state index in [1.54, 1.807) is 44.4 Å². The average molecular weight is 726 g/mol. The summed E-state index contributed by atoms with van der Waals surface area (Å²) < 4.78 is 28.8. The van der Waals surface area contributed by atoms with Crippen LogP contribution >= 0.6 is 0 Å². The first-order chi connectivity index (χ1) is 25.7. The molecular weight excluding hydrogens is 678 g/mol. The third-order valence-corrected chi connectivity index (χ3v) is 11.4. The molecule has 4 N–H and O–H groups in total. The van der Waals surface area contributed by atoms with E-state index in [0.29, 0.717) is 66.1 Å². The maximum Gasteiger partial charge on any atom is 0.260 e. The topological polar surface area (TPSA) is 148 Å². The zero-order chi connectivity index (χ0) is 36.9. The number of hydrogen-bond acceptors (Lipinski definition) is 11. The number of hydrogen-bond donors (Lipinski definition) is 3. The van der Waals surface area contributed by atoms with E-state index in [9.17, 15) is 14.7 Å². The lowest BCUT2D eigenvalue weighted by molar-refractivity contribution is 0.0513. The van der Waals surface area contributed by atoms with Gasteiger partial charge in [0.15, 0.2) is 29.2 Å². The van der Waals surface area contributed by atoms with Gasteiger partial charge in [-0.2, -0.15) is 0 Å². The zero-order valence-electron chi connectivity index (χ0n) is 30.4. The lowest BCUT2D eigenvalue weighted by Crippen LogP contribution is -2.51. The summed E-state index contributed by atoms with van der Waals surface area (Å²) in [6.07, 6.45) is 6.94.